The normalized spacial score (nSPS) is 25.8. The average Bonchev–Trinajstić information content (AvgIpc) is 3.09. The second-order valence-corrected chi connectivity index (χ2v) is 7.00. The highest BCUT2D eigenvalue weighted by Crippen LogP contribution is 2.39. The molecule has 1 N–H and O–H groups in total. The van der Waals surface area contributed by atoms with Crippen molar-refractivity contribution in [2.24, 2.45) is 5.92 Å². The lowest BCUT2D eigenvalue weighted by Crippen LogP contribution is -2.54. The smallest absolute Gasteiger partial charge is 0.326 e. The molecule has 112 valence electrons. The zero-order valence-electron chi connectivity index (χ0n) is 11.9. The van der Waals surface area contributed by atoms with Gasteiger partial charge in [-0.2, -0.15) is 4.37 Å². The van der Waals surface area contributed by atoms with Crippen LogP contribution in [0.15, 0.2) is 10.7 Å². The molecule has 1 fully saturated rings. The summed E-state index contributed by atoms with van der Waals surface area (Å²) >= 11 is 3.14. The van der Waals surface area contributed by atoms with E-state index in [9.17, 15) is 4.79 Å². The van der Waals surface area contributed by atoms with Crippen molar-refractivity contribution in [3.63, 3.8) is 0 Å². The van der Waals surface area contributed by atoms with Crippen LogP contribution in [0.2, 0.25) is 0 Å². The van der Waals surface area contributed by atoms with Gasteiger partial charge in [-0.1, -0.05) is 18.2 Å². The summed E-state index contributed by atoms with van der Waals surface area (Å²) < 4.78 is 10.3. The van der Waals surface area contributed by atoms with Crippen molar-refractivity contribution in [2.45, 2.75) is 42.5 Å². The summed E-state index contributed by atoms with van der Waals surface area (Å²) in [5, 5.41) is 3.25. The first kappa shape index (κ1) is 15.7. The van der Waals surface area contributed by atoms with E-state index < -0.39 is 5.54 Å². The number of aromatic nitrogens is 2. The first-order chi connectivity index (χ1) is 9.73. The quantitative estimate of drug-likeness (QED) is 0.615. The molecule has 5 nitrogen and oxygen atoms in total. The molecule has 1 aliphatic carbocycles. The van der Waals surface area contributed by atoms with E-state index in [1.165, 1.54) is 11.5 Å². The van der Waals surface area contributed by atoms with Crippen molar-refractivity contribution < 1.29 is 9.53 Å². The van der Waals surface area contributed by atoms with Crippen molar-refractivity contribution in [3.05, 3.63) is 6.33 Å². The van der Waals surface area contributed by atoms with Crippen LogP contribution >= 0.6 is 23.3 Å². The Morgan fingerprint density at radius 2 is 2.55 bits per heavy atom. The van der Waals surface area contributed by atoms with E-state index in [4.69, 9.17) is 4.74 Å². The lowest BCUT2D eigenvalue weighted by atomic mass is 9.85. The first-order valence-electron chi connectivity index (χ1n) is 6.98. The van der Waals surface area contributed by atoms with Crippen molar-refractivity contribution in [1.82, 2.24) is 14.7 Å². The van der Waals surface area contributed by atoms with Gasteiger partial charge in [-0.05, 0) is 50.7 Å². The Morgan fingerprint density at radius 1 is 1.70 bits per heavy atom. The van der Waals surface area contributed by atoms with Crippen molar-refractivity contribution in [2.75, 3.05) is 19.4 Å². The highest BCUT2D eigenvalue weighted by Gasteiger charge is 2.48. The maximum atomic E-state index is 12.3. The van der Waals surface area contributed by atoms with Gasteiger partial charge in [0.2, 0.25) is 0 Å². The third-order valence-electron chi connectivity index (χ3n) is 3.94. The lowest BCUT2D eigenvalue weighted by Gasteiger charge is -2.32. The minimum atomic E-state index is -0.488. The molecule has 0 aliphatic heterocycles. The molecule has 0 spiro atoms. The Bertz CT molecular complexity index is 427. The van der Waals surface area contributed by atoms with Gasteiger partial charge in [-0.15, -0.1) is 0 Å². The van der Waals surface area contributed by atoms with Gasteiger partial charge in [-0.25, -0.2) is 4.98 Å². The summed E-state index contributed by atoms with van der Waals surface area (Å²) in [5.41, 5.74) is -0.488. The van der Waals surface area contributed by atoms with Gasteiger partial charge in [0.05, 0.1) is 6.61 Å². The third kappa shape index (κ3) is 3.32. The number of hydrogen-bond donors (Lipinski definition) is 1. The highest BCUT2D eigenvalue weighted by atomic mass is 32.2. The zero-order chi connectivity index (χ0) is 14.4. The molecule has 1 heterocycles. The fraction of sp³-hybridized carbons (Fsp3) is 0.769. The number of thioether (sulfide) groups is 1. The molecule has 20 heavy (non-hydrogen) atoms. The standard InChI is InChI=1S/C13H21N3O2S2/c1-3-18-11(17)13(14-2)7-4-5-10(13)6-8-19-12-15-9-16-20-12/h9-10,14H,3-8H2,1-2H3. The van der Waals surface area contributed by atoms with Crippen molar-refractivity contribution in [1.29, 1.82) is 0 Å². The number of likely N-dealkylation sites (N-methyl/N-ethyl adjacent to an activating group) is 1. The SMILES string of the molecule is CCOC(=O)C1(NC)CCCC1CCSc1ncns1. The summed E-state index contributed by atoms with van der Waals surface area (Å²) in [5.74, 6) is 1.21. The second-order valence-electron chi connectivity index (χ2n) is 4.88. The number of ether oxygens (including phenoxy) is 1. The van der Waals surface area contributed by atoms with Gasteiger partial charge in [0, 0.05) is 5.75 Å². The van der Waals surface area contributed by atoms with Gasteiger partial charge in [0.1, 0.15) is 11.9 Å². The van der Waals surface area contributed by atoms with E-state index in [0.29, 0.717) is 12.5 Å². The van der Waals surface area contributed by atoms with Gasteiger partial charge < -0.3 is 10.1 Å². The highest BCUT2D eigenvalue weighted by molar-refractivity contribution is 8.00. The summed E-state index contributed by atoms with van der Waals surface area (Å²) in [7, 11) is 1.87. The van der Waals surface area contributed by atoms with E-state index in [1.54, 1.807) is 18.1 Å². The summed E-state index contributed by atoms with van der Waals surface area (Å²) in [4.78, 5) is 16.5. The number of nitrogens with one attached hydrogen (secondary N) is 1. The van der Waals surface area contributed by atoms with Crippen LogP contribution in [-0.4, -0.2) is 40.3 Å². The summed E-state index contributed by atoms with van der Waals surface area (Å²) in [6.45, 7) is 2.30. The molecule has 0 aromatic carbocycles. The topological polar surface area (TPSA) is 64.1 Å². The molecule has 0 saturated heterocycles. The molecule has 2 unspecified atom stereocenters. The second kappa shape index (κ2) is 7.38. The Kier molecular flexibility index (Phi) is 5.80. The van der Waals surface area contributed by atoms with E-state index in [0.717, 1.165) is 35.8 Å². The molecule has 1 aromatic rings. The number of hydrogen-bond acceptors (Lipinski definition) is 7. The Balaban J connectivity index is 1.92. The van der Waals surface area contributed by atoms with Gasteiger partial charge in [0.25, 0.3) is 0 Å². The molecule has 2 atom stereocenters. The number of esters is 1. The third-order valence-corrected chi connectivity index (χ3v) is 5.77. The van der Waals surface area contributed by atoms with E-state index in [-0.39, 0.29) is 5.97 Å². The Morgan fingerprint density at radius 3 is 3.20 bits per heavy atom. The molecule has 7 heteroatoms. The Hall–Kier alpha value is -0.660. The van der Waals surface area contributed by atoms with Gasteiger partial charge >= 0.3 is 5.97 Å². The maximum Gasteiger partial charge on any atom is 0.326 e. The van der Waals surface area contributed by atoms with Crippen molar-refractivity contribution >= 4 is 29.3 Å². The van der Waals surface area contributed by atoms with Gasteiger partial charge in [0.15, 0.2) is 4.34 Å². The van der Waals surface area contributed by atoms with Crippen LogP contribution in [0, 0.1) is 5.92 Å². The molecule has 0 bridgehead atoms. The van der Waals surface area contributed by atoms with Crippen LogP contribution in [-0.2, 0) is 9.53 Å². The Labute approximate surface area is 128 Å². The number of carbonyl (C=O) groups excluding carboxylic acids is 1. The zero-order valence-corrected chi connectivity index (χ0v) is 13.6. The molecule has 1 saturated carbocycles. The molecular weight excluding hydrogens is 294 g/mol. The van der Waals surface area contributed by atoms with Crippen LogP contribution in [0.1, 0.15) is 32.6 Å². The molecular formula is C13H21N3O2S2. The molecule has 0 amide bonds. The van der Waals surface area contributed by atoms with E-state index >= 15 is 0 Å². The number of carbonyl (C=O) groups is 1. The number of rotatable bonds is 7. The van der Waals surface area contributed by atoms with Crippen LogP contribution in [0.3, 0.4) is 0 Å². The summed E-state index contributed by atoms with van der Waals surface area (Å²) in [6, 6.07) is 0. The monoisotopic (exact) mass is 315 g/mol. The van der Waals surface area contributed by atoms with Crippen LogP contribution in [0.5, 0.6) is 0 Å². The predicted octanol–water partition coefficient (Wildman–Crippen LogP) is 2.34. The number of nitrogens with zero attached hydrogens (tertiary/aromatic N) is 2. The summed E-state index contributed by atoms with van der Waals surface area (Å²) in [6.07, 6.45) is 5.60. The predicted molar refractivity (Wildman–Crippen MR) is 81.0 cm³/mol. The van der Waals surface area contributed by atoms with Gasteiger partial charge in [-0.3, -0.25) is 4.79 Å². The lowest BCUT2D eigenvalue weighted by molar-refractivity contribution is -0.152. The van der Waals surface area contributed by atoms with Crippen LogP contribution in [0.4, 0.5) is 0 Å². The molecule has 1 aromatic heterocycles. The molecule has 0 radical (unpaired) electrons. The minimum absolute atomic E-state index is 0.0917. The van der Waals surface area contributed by atoms with Crippen LogP contribution < -0.4 is 5.32 Å². The maximum absolute atomic E-state index is 12.3. The molecule has 1 aliphatic rings. The fourth-order valence-corrected chi connectivity index (χ4v) is 4.51. The fourth-order valence-electron chi connectivity index (χ4n) is 2.94. The average molecular weight is 315 g/mol. The molecule has 2 rings (SSSR count). The minimum Gasteiger partial charge on any atom is -0.465 e. The van der Waals surface area contributed by atoms with Crippen LogP contribution in [0.25, 0.3) is 0 Å². The van der Waals surface area contributed by atoms with E-state index in [1.807, 2.05) is 14.0 Å². The van der Waals surface area contributed by atoms with Crippen molar-refractivity contribution in [3.8, 4) is 0 Å². The first-order valence-corrected chi connectivity index (χ1v) is 8.74. The largest absolute Gasteiger partial charge is 0.465 e. The van der Waals surface area contributed by atoms with E-state index in [2.05, 4.69) is 14.7 Å².